The normalized spacial score (nSPS) is 22.3. The first-order valence-electron chi connectivity index (χ1n) is 7.31. The maximum Gasteiger partial charge on any atom is 0.338 e. The van der Waals surface area contributed by atoms with Crippen LogP contribution in [0, 0.1) is 0 Å². The number of methoxy groups -OCH3 is 1. The highest BCUT2D eigenvalue weighted by molar-refractivity contribution is 5.90. The van der Waals surface area contributed by atoms with E-state index in [2.05, 4.69) is 5.32 Å². The molecule has 0 saturated heterocycles. The molecule has 2 atom stereocenters. The molecule has 1 fully saturated rings. The Bertz CT molecular complexity index is 447. The van der Waals surface area contributed by atoms with Gasteiger partial charge in [0.2, 0.25) is 0 Å². The summed E-state index contributed by atoms with van der Waals surface area (Å²) in [5.74, 6) is -0.275. The Hall–Kier alpha value is -1.55. The molecule has 1 aromatic rings. The summed E-state index contributed by atoms with van der Waals surface area (Å²) in [5, 5.41) is 3.49. The summed E-state index contributed by atoms with van der Waals surface area (Å²) < 4.78 is 10.6. The van der Waals surface area contributed by atoms with Gasteiger partial charge in [-0.3, -0.25) is 0 Å². The minimum absolute atomic E-state index is 0.245. The van der Waals surface area contributed by atoms with E-state index in [4.69, 9.17) is 9.47 Å². The minimum atomic E-state index is -0.275. The maximum atomic E-state index is 11.7. The lowest BCUT2D eigenvalue weighted by atomic mass is 9.92. The first kappa shape index (κ1) is 14.9. The summed E-state index contributed by atoms with van der Waals surface area (Å²) in [6.45, 7) is 2.20. The lowest BCUT2D eigenvalue weighted by molar-refractivity contribution is 0.0526. The topological polar surface area (TPSA) is 47.6 Å². The summed E-state index contributed by atoms with van der Waals surface area (Å²) in [6.07, 6.45) is 4.87. The molecule has 0 bridgehead atoms. The van der Waals surface area contributed by atoms with Crippen LogP contribution in [0.15, 0.2) is 24.3 Å². The van der Waals surface area contributed by atoms with Gasteiger partial charge in [-0.05, 0) is 38.0 Å². The minimum Gasteiger partial charge on any atom is -0.462 e. The third kappa shape index (κ3) is 3.73. The SMILES string of the molecule is CCOC(=O)c1cccc(NC2CCCCC2OC)c1. The molecular formula is C16H23NO3. The van der Waals surface area contributed by atoms with Crippen LogP contribution in [0.25, 0.3) is 0 Å². The fraction of sp³-hybridized carbons (Fsp3) is 0.562. The molecule has 0 aliphatic heterocycles. The predicted molar refractivity (Wildman–Crippen MR) is 79.1 cm³/mol. The zero-order valence-electron chi connectivity index (χ0n) is 12.2. The number of anilines is 1. The number of hydrogen-bond donors (Lipinski definition) is 1. The van der Waals surface area contributed by atoms with Crippen LogP contribution in [0.2, 0.25) is 0 Å². The Morgan fingerprint density at radius 2 is 2.15 bits per heavy atom. The van der Waals surface area contributed by atoms with E-state index in [1.807, 2.05) is 25.1 Å². The van der Waals surface area contributed by atoms with Crippen molar-refractivity contribution >= 4 is 11.7 Å². The van der Waals surface area contributed by atoms with E-state index in [9.17, 15) is 4.79 Å². The van der Waals surface area contributed by atoms with Crippen molar-refractivity contribution in [1.82, 2.24) is 0 Å². The van der Waals surface area contributed by atoms with Gasteiger partial charge in [-0.15, -0.1) is 0 Å². The third-order valence-corrected chi connectivity index (χ3v) is 3.73. The lowest BCUT2D eigenvalue weighted by Crippen LogP contribution is -2.37. The van der Waals surface area contributed by atoms with Crippen molar-refractivity contribution in [3.8, 4) is 0 Å². The Morgan fingerprint density at radius 3 is 2.90 bits per heavy atom. The molecule has 4 nitrogen and oxygen atoms in total. The quantitative estimate of drug-likeness (QED) is 0.839. The van der Waals surface area contributed by atoms with Crippen LogP contribution < -0.4 is 5.32 Å². The number of carbonyl (C=O) groups excluding carboxylic acids is 1. The number of nitrogens with one attached hydrogen (secondary N) is 1. The number of ether oxygens (including phenoxy) is 2. The van der Waals surface area contributed by atoms with E-state index >= 15 is 0 Å². The second-order valence-corrected chi connectivity index (χ2v) is 5.11. The summed E-state index contributed by atoms with van der Waals surface area (Å²) in [7, 11) is 1.76. The number of rotatable bonds is 5. The van der Waals surface area contributed by atoms with Gasteiger partial charge in [0.15, 0.2) is 0 Å². The van der Waals surface area contributed by atoms with Crippen molar-refractivity contribution in [1.29, 1.82) is 0 Å². The van der Waals surface area contributed by atoms with Crippen LogP contribution in [0.1, 0.15) is 43.0 Å². The Morgan fingerprint density at radius 1 is 1.35 bits per heavy atom. The number of benzene rings is 1. The largest absolute Gasteiger partial charge is 0.462 e. The second kappa shape index (κ2) is 7.29. The van der Waals surface area contributed by atoms with E-state index in [1.54, 1.807) is 13.2 Å². The summed E-state index contributed by atoms with van der Waals surface area (Å²) >= 11 is 0. The fourth-order valence-electron chi connectivity index (χ4n) is 2.71. The first-order chi connectivity index (χ1) is 9.74. The maximum absolute atomic E-state index is 11.7. The van der Waals surface area contributed by atoms with Crippen LogP contribution in [0.5, 0.6) is 0 Å². The highest BCUT2D eigenvalue weighted by Gasteiger charge is 2.24. The molecule has 1 aliphatic rings. The van der Waals surface area contributed by atoms with Crippen LogP contribution in [0.3, 0.4) is 0 Å². The zero-order chi connectivity index (χ0) is 14.4. The summed E-state index contributed by atoms with van der Waals surface area (Å²) in [6, 6.07) is 7.78. The second-order valence-electron chi connectivity index (χ2n) is 5.11. The van der Waals surface area contributed by atoms with Gasteiger partial charge in [-0.25, -0.2) is 4.79 Å². The molecule has 0 aromatic heterocycles. The van der Waals surface area contributed by atoms with Gasteiger partial charge >= 0.3 is 5.97 Å². The van der Waals surface area contributed by atoms with Crippen LogP contribution in [0.4, 0.5) is 5.69 Å². The Kier molecular flexibility index (Phi) is 5.41. The molecule has 1 aliphatic carbocycles. The standard InChI is InChI=1S/C16H23NO3/c1-3-20-16(18)12-7-6-8-13(11-12)17-14-9-4-5-10-15(14)19-2/h6-8,11,14-15,17H,3-5,9-10H2,1-2H3. The Labute approximate surface area is 120 Å². The first-order valence-corrected chi connectivity index (χ1v) is 7.31. The monoisotopic (exact) mass is 277 g/mol. The molecule has 110 valence electrons. The van der Waals surface area contributed by atoms with Gasteiger partial charge in [0, 0.05) is 12.8 Å². The fourth-order valence-corrected chi connectivity index (χ4v) is 2.71. The van der Waals surface area contributed by atoms with E-state index in [1.165, 1.54) is 12.8 Å². The van der Waals surface area contributed by atoms with Crippen LogP contribution >= 0.6 is 0 Å². The van der Waals surface area contributed by atoms with Crippen molar-refractivity contribution in [2.75, 3.05) is 19.0 Å². The molecule has 2 rings (SSSR count). The predicted octanol–water partition coefficient (Wildman–Crippen LogP) is 3.23. The highest BCUT2D eigenvalue weighted by Crippen LogP contribution is 2.24. The number of carbonyl (C=O) groups is 1. The molecule has 1 saturated carbocycles. The van der Waals surface area contributed by atoms with Crippen molar-refractivity contribution < 1.29 is 14.3 Å². The zero-order valence-corrected chi connectivity index (χ0v) is 12.2. The molecular weight excluding hydrogens is 254 g/mol. The number of hydrogen-bond acceptors (Lipinski definition) is 4. The summed E-state index contributed by atoms with van der Waals surface area (Å²) in [4.78, 5) is 11.7. The molecule has 0 heterocycles. The average Bonchev–Trinajstić information content (AvgIpc) is 2.48. The lowest BCUT2D eigenvalue weighted by Gasteiger charge is -2.31. The third-order valence-electron chi connectivity index (χ3n) is 3.73. The van der Waals surface area contributed by atoms with Gasteiger partial charge < -0.3 is 14.8 Å². The van der Waals surface area contributed by atoms with E-state index in [0.29, 0.717) is 18.2 Å². The van der Waals surface area contributed by atoms with Gasteiger partial charge in [0.05, 0.1) is 24.3 Å². The Balaban J connectivity index is 2.05. The van der Waals surface area contributed by atoms with Crippen molar-refractivity contribution in [2.24, 2.45) is 0 Å². The molecule has 0 spiro atoms. The average molecular weight is 277 g/mol. The van der Waals surface area contributed by atoms with Crippen molar-refractivity contribution in [3.63, 3.8) is 0 Å². The van der Waals surface area contributed by atoms with E-state index in [-0.39, 0.29) is 12.1 Å². The van der Waals surface area contributed by atoms with Crippen molar-refractivity contribution in [3.05, 3.63) is 29.8 Å². The van der Waals surface area contributed by atoms with Crippen LogP contribution in [-0.2, 0) is 9.47 Å². The van der Waals surface area contributed by atoms with Gasteiger partial charge in [-0.2, -0.15) is 0 Å². The van der Waals surface area contributed by atoms with Crippen LogP contribution in [-0.4, -0.2) is 31.8 Å². The molecule has 4 heteroatoms. The molecule has 0 amide bonds. The van der Waals surface area contributed by atoms with Gasteiger partial charge in [-0.1, -0.05) is 18.9 Å². The van der Waals surface area contributed by atoms with Gasteiger partial charge in [0.1, 0.15) is 0 Å². The molecule has 1 aromatic carbocycles. The molecule has 20 heavy (non-hydrogen) atoms. The number of esters is 1. The van der Waals surface area contributed by atoms with E-state index in [0.717, 1.165) is 18.5 Å². The molecule has 1 N–H and O–H groups in total. The molecule has 2 unspecified atom stereocenters. The molecule has 0 radical (unpaired) electrons. The van der Waals surface area contributed by atoms with E-state index < -0.39 is 0 Å². The smallest absolute Gasteiger partial charge is 0.338 e. The van der Waals surface area contributed by atoms with Crippen molar-refractivity contribution in [2.45, 2.75) is 44.8 Å². The highest BCUT2D eigenvalue weighted by atomic mass is 16.5. The van der Waals surface area contributed by atoms with Gasteiger partial charge in [0.25, 0.3) is 0 Å². The summed E-state index contributed by atoms with van der Waals surface area (Å²) in [5.41, 5.74) is 1.53.